The van der Waals surface area contributed by atoms with E-state index in [0.717, 1.165) is 41.4 Å². The van der Waals surface area contributed by atoms with Crippen molar-refractivity contribution in [1.82, 2.24) is 5.32 Å². The summed E-state index contributed by atoms with van der Waals surface area (Å²) in [7, 11) is 0. The summed E-state index contributed by atoms with van der Waals surface area (Å²) >= 11 is 12.4. The van der Waals surface area contributed by atoms with E-state index in [1.54, 1.807) is 0 Å². The lowest BCUT2D eigenvalue weighted by atomic mass is 9.76. The van der Waals surface area contributed by atoms with Crippen molar-refractivity contribution in [3.05, 3.63) is 33.8 Å². The molecule has 0 heterocycles. The Morgan fingerprint density at radius 1 is 1.15 bits per heavy atom. The van der Waals surface area contributed by atoms with Gasteiger partial charge in [0, 0.05) is 10.0 Å². The number of nitrogens with one attached hydrogen (secondary N) is 1. The summed E-state index contributed by atoms with van der Waals surface area (Å²) in [6.45, 7) is 4.49. The van der Waals surface area contributed by atoms with Gasteiger partial charge in [0.05, 0.1) is 0 Å². The van der Waals surface area contributed by atoms with Crippen LogP contribution in [0.1, 0.15) is 44.6 Å². The Morgan fingerprint density at radius 3 is 2.65 bits per heavy atom. The van der Waals surface area contributed by atoms with Crippen molar-refractivity contribution in [2.45, 2.75) is 45.4 Å². The normalized spacial score (nSPS) is 22.9. The summed E-state index contributed by atoms with van der Waals surface area (Å²) in [4.78, 5) is 0. The molecular weight excluding hydrogens is 289 g/mol. The summed E-state index contributed by atoms with van der Waals surface area (Å²) < 4.78 is 0. The lowest BCUT2D eigenvalue weighted by Crippen LogP contribution is -2.32. The van der Waals surface area contributed by atoms with E-state index in [0.29, 0.717) is 0 Å². The average molecular weight is 314 g/mol. The first-order valence-electron chi connectivity index (χ1n) is 7.85. The Morgan fingerprint density at radius 2 is 1.90 bits per heavy atom. The molecule has 1 aromatic rings. The molecule has 1 fully saturated rings. The molecule has 0 aromatic heterocycles. The fraction of sp³-hybridized carbons (Fsp3) is 0.647. The van der Waals surface area contributed by atoms with Gasteiger partial charge in [0.1, 0.15) is 0 Å². The first-order chi connectivity index (χ1) is 9.70. The van der Waals surface area contributed by atoms with Crippen LogP contribution in [0.15, 0.2) is 18.2 Å². The van der Waals surface area contributed by atoms with Crippen molar-refractivity contribution in [3.63, 3.8) is 0 Å². The van der Waals surface area contributed by atoms with E-state index < -0.39 is 0 Å². The van der Waals surface area contributed by atoms with Crippen molar-refractivity contribution in [3.8, 4) is 0 Å². The maximum atomic E-state index is 6.32. The highest BCUT2D eigenvalue weighted by molar-refractivity contribution is 6.33. The molecule has 0 aliphatic heterocycles. The highest BCUT2D eigenvalue weighted by Crippen LogP contribution is 2.34. The molecule has 0 spiro atoms. The minimum absolute atomic E-state index is 0.740. The van der Waals surface area contributed by atoms with Gasteiger partial charge >= 0.3 is 0 Å². The van der Waals surface area contributed by atoms with Crippen LogP contribution in [0, 0.1) is 11.8 Å². The molecule has 0 bridgehead atoms. The molecule has 1 aromatic carbocycles. The van der Waals surface area contributed by atoms with E-state index in [-0.39, 0.29) is 0 Å². The zero-order chi connectivity index (χ0) is 14.4. The molecule has 0 radical (unpaired) electrons. The van der Waals surface area contributed by atoms with Crippen LogP contribution in [0.4, 0.5) is 0 Å². The van der Waals surface area contributed by atoms with Crippen molar-refractivity contribution >= 4 is 23.2 Å². The van der Waals surface area contributed by atoms with Crippen LogP contribution in [-0.2, 0) is 6.42 Å². The molecule has 3 heteroatoms. The monoisotopic (exact) mass is 313 g/mol. The van der Waals surface area contributed by atoms with Gasteiger partial charge in [-0.25, -0.2) is 0 Å². The topological polar surface area (TPSA) is 12.0 Å². The van der Waals surface area contributed by atoms with E-state index in [2.05, 4.69) is 12.2 Å². The summed E-state index contributed by atoms with van der Waals surface area (Å²) in [6, 6.07) is 5.83. The maximum absolute atomic E-state index is 6.32. The minimum atomic E-state index is 0.740. The standard InChI is InChI=1S/C17H25Cl2N/c1-2-9-20-12-14-6-4-3-5-13(14)10-15-11-16(18)7-8-17(15)19/h7-8,11,13-14,20H,2-6,9-10,12H2,1H3. The summed E-state index contributed by atoms with van der Waals surface area (Å²) in [5.41, 5.74) is 1.21. The molecule has 0 amide bonds. The Balaban J connectivity index is 1.98. The van der Waals surface area contributed by atoms with Crippen LogP contribution in [0.3, 0.4) is 0 Å². The van der Waals surface area contributed by atoms with Gasteiger partial charge in [-0.3, -0.25) is 0 Å². The Kier molecular flexibility index (Phi) is 6.67. The van der Waals surface area contributed by atoms with Gasteiger partial charge in [-0.2, -0.15) is 0 Å². The predicted molar refractivity (Wildman–Crippen MR) is 88.8 cm³/mol. The van der Waals surface area contributed by atoms with Gasteiger partial charge in [-0.05, 0) is 74.4 Å². The third-order valence-electron chi connectivity index (χ3n) is 4.39. The molecule has 2 atom stereocenters. The Hall–Kier alpha value is -0.240. The maximum Gasteiger partial charge on any atom is 0.0439 e. The third-order valence-corrected chi connectivity index (χ3v) is 4.99. The highest BCUT2D eigenvalue weighted by Gasteiger charge is 2.25. The second-order valence-corrected chi connectivity index (χ2v) is 6.79. The van der Waals surface area contributed by atoms with E-state index in [9.17, 15) is 0 Å². The molecule has 1 N–H and O–H groups in total. The fourth-order valence-electron chi connectivity index (χ4n) is 3.27. The first kappa shape index (κ1) is 16.1. The second-order valence-electron chi connectivity index (χ2n) is 5.95. The lowest BCUT2D eigenvalue weighted by Gasteiger charge is -2.32. The molecule has 1 aliphatic carbocycles. The summed E-state index contributed by atoms with van der Waals surface area (Å²) in [5.74, 6) is 1.52. The molecule has 2 rings (SSSR count). The molecule has 1 aliphatic rings. The van der Waals surface area contributed by atoms with Crippen molar-refractivity contribution in [2.24, 2.45) is 11.8 Å². The molecule has 1 nitrogen and oxygen atoms in total. The van der Waals surface area contributed by atoms with Crippen LogP contribution in [0.2, 0.25) is 10.0 Å². The number of hydrogen-bond donors (Lipinski definition) is 1. The molecule has 20 heavy (non-hydrogen) atoms. The van der Waals surface area contributed by atoms with E-state index in [4.69, 9.17) is 23.2 Å². The van der Waals surface area contributed by atoms with Crippen LogP contribution in [-0.4, -0.2) is 13.1 Å². The number of rotatable bonds is 6. The zero-order valence-corrected chi connectivity index (χ0v) is 13.8. The van der Waals surface area contributed by atoms with E-state index >= 15 is 0 Å². The number of halogens is 2. The quantitative estimate of drug-likeness (QED) is 0.699. The zero-order valence-electron chi connectivity index (χ0n) is 12.3. The molecule has 1 saturated carbocycles. The molecule has 112 valence electrons. The third kappa shape index (κ3) is 4.65. The smallest absolute Gasteiger partial charge is 0.0439 e. The van der Waals surface area contributed by atoms with Gasteiger partial charge in [0.25, 0.3) is 0 Å². The molecule has 0 saturated heterocycles. The molecular formula is C17H25Cl2N. The summed E-state index contributed by atoms with van der Waals surface area (Å²) in [6.07, 6.45) is 7.67. The largest absolute Gasteiger partial charge is 0.316 e. The van der Waals surface area contributed by atoms with Crippen molar-refractivity contribution in [2.75, 3.05) is 13.1 Å². The SMILES string of the molecule is CCCNCC1CCCCC1Cc1cc(Cl)ccc1Cl. The van der Waals surface area contributed by atoms with Gasteiger partial charge in [-0.15, -0.1) is 0 Å². The van der Waals surface area contributed by atoms with Crippen LogP contribution < -0.4 is 5.32 Å². The van der Waals surface area contributed by atoms with Gasteiger partial charge in [-0.1, -0.05) is 43.0 Å². The Bertz CT molecular complexity index is 419. The minimum Gasteiger partial charge on any atom is -0.316 e. The van der Waals surface area contributed by atoms with Gasteiger partial charge < -0.3 is 5.32 Å². The van der Waals surface area contributed by atoms with Crippen LogP contribution >= 0.6 is 23.2 Å². The average Bonchev–Trinajstić information content (AvgIpc) is 2.45. The van der Waals surface area contributed by atoms with Crippen LogP contribution in [0.25, 0.3) is 0 Å². The van der Waals surface area contributed by atoms with E-state index in [1.807, 2.05) is 18.2 Å². The van der Waals surface area contributed by atoms with Crippen molar-refractivity contribution < 1.29 is 0 Å². The van der Waals surface area contributed by atoms with E-state index in [1.165, 1.54) is 37.7 Å². The number of hydrogen-bond acceptors (Lipinski definition) is 1. The van der Waals surface area contributed by atoms with Crippen molar-refractivity contribution in [1.29, 1.82) is 0 Å². The lowest BCUT2D eigenvalue weighted by molar-refractivity contribution is 0.229. The van der Waals surface area contributed by atoms with Gasteiger partial charge in [0.15, 0.2) is 0 Å². The molecule has 2 unspecified atom stereocenters. The second kappa shape index (κ2) is 8.26. The highest BCUT2D eigenvalue weighted by atomic mass is 35.5. The first-order valence-corrected chi connectivity index (χ1v) is 8.61. The van der Waals surface area contributed by atoms with Gasteiger partial charge in [0.2, 0.25) is 0 Å². The number of benzene rings is 1. The summed E-state index contributed by atoms with van der Waals surface area (Å²) in [5, 5.41) is 5.24. The predicted octanol–water partition coefficient (Wildman–Crippen LogP) is 5.34. The fourth-order valence-corrected chi connectivity index (χ4v) is 3.66. The van der Waals surface area contributed by atoms with Crippen LogP contribution in [0.5, 0.6) is 0 Å². The Labute approximate surface area is 133 Å².